The molecule has 1 aliphatic rings. The van der Waals surface area contributed by atoms with Gasteiger partial charge in [0.25, 0.3) is 0 Å². The molecule has 8 nitrogen and oxygen atoms in total. The largest absolute Gasteiger partial charge is 0.339 e. The van der Waals surface area contributed by atoms with Gasteiger partial charge in [-0.2, -0.15) is 9.29 Å². The second-order valence-electron chi connectivity index (χ2n) is 8.72. The zero-order valence-corrected chi connectivity index (χ0v) is 20.6. The Bertz CT molecular complexity index is 1240. The molecule has 1 amide bonds. The number of rotatable bonds is 7. The molecule has 1 N–H and O–H groups in total. The second kappa shape index (κ2) is 10.2. The summed E-state index contributed by atoms with van der Waals surface area (Å²) in [4.78, 5) is 17.4. The Morgan fingerprint density at radius 2 is 1.88 bits per heavy atom. The van der Waals surface area contributed by atoms with E-state index < -0.39 is 15.9 Å². The number of aromatic nitrogens is 2. The van der Waals surface area contributed by atoms with Gasteiger partial charge in [-0.1, -0.05) is 42.7 Å². The van der Waals surface area contributed by atoms with E-state index >= 15 is 0 Å². The number of nitrogens with zero attached hydrogens (tertiary/aromatic N) is 3. The Labute approximate surface area is 204 Å². The van der Waals surface area contributed by atoms with E-state index in [2.05, 4.69) is 15.5 Å². The highest BCUT2D eigenvalue weighted by atomic mass is 35.5. The number of hydrogen-bond donors (Lipinski definition) is 1. The van der Waals surface area contributed by atoms with Gasteiger partial charge in [0, 0.05) is 36.1 Å². The summed E-state index contributed by atoms with van der Waals surface area (Å²) in [6.45, 7) is 4.52. The number of piperidine rings is 1. The average Bonchev–Trinajstić information content (AvgIpc) is 3.30. The summed E-state index contributed by atoms with van der Waals surface area (Å²) in [6, 6.07) is 13.5. The minimum absolute atomic E-state index is 0.144. The van der Waals surface area contributed by atoms with Gasteiger partial charge in [-0.25, -0.2) is 8.42 Å². The first-order valence-electron chi connectivity index (χ1n) is 11.2. The Kier molecular flexibility index (Phi) is 7.35. The van der Waals surface area contributed by atoms with Gasteiger partial charge in [0.05, 0.1) is 10.8 Å². The van der Waals surface area contributed by atoms with Gasteiger partial charge in [0.2, 0.25) is 21.8 Å². The average molecular weight is 503 g/mol. The third-order valence-corrected chi connectivity index (χ3v) is 7.90. The summed E-state index contributed by atoms with van der Waals surface area (Å²) in [5.41, 5.74) is 1.65. The fourth-order valence-corrected chi connectivity index (χ4v) is 5.49. The number of carbonyl (C=O) groups is 1. The van der Waals surface area contributed by atoms with E-state index in [9.17, 15) is 13.2 Å². The van der Waals surface area contributed by atoms with Gasteiger partial charge in [0.15, 0.2) is 5.82 Å². The number of benzene rings is 2. The summed E-state index contributed by atoms with van der Waals surface area (Å²) in [7, 11) is -3.68. The van der Waals surface area contributed by atoms with E-state index in [1.54, 1.807) is 12.1 Å². The predicted molar refractivity (Wildman–Crippen MR) is 129 cm³/mol. The monoisotopic (exact) mass is 502 g/mol. The zero-order chi connectivity index (χ0) is 24.3. The Balaban J connectivity index is 1.36. The molecule has 0 bridgehead atoms. The second-order valence-corrected chi connectivity index (χ2v) is 11.1. The van der Waals surface area contributed by atoms with E-state index in [1.165, 1.54) is 16.4 Å². The molecule has 2 heterocycles. The molecule has 1 atom stereocenters. The van der Waals surface area contributed by atoms with Crippen LogP contribution in [0.4, 0.5) is 5.69 Å². The highest BCUT2D eigenvalue weighted by Crippen LogP contribution is 2.26. The van der Waals surface area contributed by atoms with Crippen molar-refractivity contribution in [2.45, 2.75) is 43.9 Å². The molecule has 4 rings (SSSR count). The van der Waals surface area contributed by atoms with Crippen LogP contribution in [0.15, 0.2) is 57.9 Å². The number of halogens is 1. The number of hydrogen-bond acceptors (Lipinski definition) is 6. The maximum absolute atomic E-state index is 13.0. The molecule has 1 aliphatic heterocycles. The van der Waals surface area contributed by atoms with Crippen LogP contribution < -0.4 is 5.32 Å². The van der Waals surface area contributed by atoms with Gasteiger partial charge in [0.1, 0.15) is 0 Å². The summed E-state index contributed by atoms with van der Waals surface area (Å²) in [5, 5.41) is 7.39. The van der Waals surface area contributed by atoms with Crippen LogP contribution >= 0.6 is 11.6 Å². The zero-order valence-electron chi connectivity index (χ0n) is 19.1. The lowest BCUT2D eigenvalue weighted by Crippen LogP contribution is -2.43. The highest BCUT2D eigenvalue weighted by molar-refractivity contribution is 7.89. The quantitative estimate of drug-likeness (QED) is 0.510. The normalized spacial score (nSPS) is 17.1. The van der Waals surface area contributed by atoms with Crippen molar-refractivity contribution in [3.63, 3.8) is 0 Å². The summed E-state index contributed by atoms with van der Waals surface area (Å²) >= 11 is 5.88. The van der Waals surface area contributed by atoms with E-state index in [0.29, 0.717) is 48.2 Å². The Morgan fingerprint density at radius 1 is 1.18 bits per heavy atom. The molecule has 0 radical (unpaired) electrons. The van der Waals surface area contributed by atoms with E-state index in [-0.39, 0.29) is 23.3 Å². The van der Waals surface area contributed by atoms with Crippen LogP contribution in [0.5, 0.6) is 0 Å². The van der Waals surface area contributed by atoms with Crippen LogP contribution in [-0.2, 0) is 21.2 Å². The molecule has 0 spiro atoms. The molecule has 1 fully saturated rings. The van der Waals surface area contributed by atoms with Crippen LogP contribution in [0.25, 0.3) is 0 Å². The number of carbonyl (C=O) groups excluding carboxylic acids is 1. The lowest BCUT2D eigenvalue weighted by Gasteiger charge is -2.31. The molecule has 1 aromatic heterocycles. The number of sulfonamides is 1. The molecule has 180 valence electrons. The number of nitrogens with one attached hydrogen (secondary N) is 1. The maximum Gasteiger partial charge on any atom is 0.243 e. The maximum atomic E-state index is 13.0. The third kappa shape index (κ3) is 5.65. The first-order chi connectivity index (χ1) is 16.2. The number of amides is 1. The van der Waals surface area contributed by atoms with Crippen molar-refractivity contribution < 1.29 is 17.7 Å². The van der Waals surface area contributed by atoms with Crippen LogP contribution in [0, 0.1) is 5.92 Å². The van der Waals surface area contributed by atoms with Crippen LogP contribution in [0.2, 0.25) is 5.02 Å². The van der Waals surface area contributed by atoms with Crippen LogP contribution in [-0.4, -0.2) is 41.9 Å². The lowest BCUT2D eigenvalue weighted by atomic mass is 9.98. The fourth-order valence-electron chi connectivity index (χ4n) is 3.84. The molecule has 34 heavy (non-hydrogen) atoms. The topological polar surface area (TPSA) is 105 Å². The van der Waals surface area contributed by atoms with Gasteiger partial charge in [-0.3, -0.25) is 4.79 Å². The smallest absolute Gasteiger partial charge is 0.243 e. The van der Waals surface area contributed by atoms with Gasteiger partial charge >= 0.3 is 0 Å². The molecule has 0 saturated carbocycles. The fraction of sp³-hybridized carbons (Fsp3) is 0.375. The predicted octanol–water partition coefficient (Wildman–Crippen LogP) is 4.48. The van der Waals surface area contributed by atoms with Crippen molar-refractivity contribution in [2.75, 3.05) is 18.4 Å². The minimum Gasteiger partial charge on any atom is -0.339 e. The molecule has 3 aromatic rings. The van der Waals surface area contributed by atoms with Crippen molar-refractivity contribution in [2.24, 2.45) is 5.92 Å². The van der Waals surface area contributed by atoms with Gasteiger partial charge < -0.3 is 9.84 Å². The SMILES string of the molecule is CC(C)c1nc(Cc2ccc(NC(=O)[C@H]3CCCN(S(=O)(=O)c4ccc(Cl)cc4)C3)cc2)no1. The van der Waals surface area contributed by atoms with Crippen molar-refractivity contribution >= 4 is 33.2 Å². The molecular weight excluding hydrogens is 476 g/mol. The van der Waals surface area contributed by atoms with E-state index in [1.807, 2.05) is 38.1 Å². The molecule has 2 aromatic carbocycles. The standard InChI is InChI=1S/C24H27ClN4O4S/c1-16(2)24-27-22(28-33-24)14-17-5-9-20(10-6-17)26-23(30)18-4-3-13-29(15-18)34(31,32)21-11-7-19(25)8-12-21/h5-12,16,18H,3-4,13-15H2,1-2H3,(H,26,30)/t18-/m0/s1. The molecule has 0 unspecified atom stereocenters. The van der Waals surface area contributed by atoms with Gasteiger partial charge in [-0.15, -0.1) is 0 Å². The number of anilines is 1. The van der Waals surface area contributed by atoms with Crippen molar-refractivity contribution in [1.29, 1.82) is 0 Å². The summed E-state index contributed by atoms with van der Waals surface area (Å²) in [6.07, 6.45) is 1.78. The van der Waals surface area contributed by atoms with E-state index in [0.717, 1.165) is 5.56 Å². The summed E-state index contributed by atoms with van der Waals surface area (Å²) in [5.74, 6) is 0.784. The van der Waals surface area contributed by atoms with E-state index in [4.69, 9.17) is 16.1 Å². The summed E-state index contributed by atoms with van der Waals surface area (Å²) < 4.78 is 32.6. The molecular formula is C24H27ClN4O4S. The first-order valence-corrected chi connectivity index (χ1v) is 13.0. The Hall–Kier alpha value is -2.75. The lowest BCUT2D eigenvalue weighted by molar-refractivity contribution is -0.120. The first kappa shape index (κ1) is 24.4. The third-order valence-electron chi connectivity index (χ3n) is 5.77. The van der Waals surface area contributed by atoms with Crippen molar-refractivity contribution in [3.05, 3.63) is 70.8 Å². The van der Waals surface area contributed by atoms with Crippen LogP contribution in [0.1, 0.15) is 49.9 Å². The molecule has 10 heteroatoms. The van der Waals surface area contributed by atoms with Gasteiger partial charge in [-0.05, 0) is 54.8 Å². The molecule has 0 aliphatic carbocycles. The van der Waals surface area contributed by atoms with Crippen molar-refractivity contribution in [1.82, 2.24) is 14.4 Å². The minimum atomic E-state index is -3.68. The highest BCUT2D eigenvalue weighted by Gasteiger charge is 2.33. The molecule has 1 saturated heterocycles. The Morgan fingerprint density at radius 3 is 2.53 bits per heavy atom. The van der Waals surface area contributed by atoms with Crippen molar-refractivity contribution in [3.8, 4) is 0 Å². The van der Waals surface area contributed by atoms with Crippen LogP contribution in [0.3, 0.4) is 0 Å².